The van der Waals surface area contributed by atoms with Gasteiger partial charge in [0.05, 0.1) is 18.4 Å². The number of nitrogens with one attached hydrogen (secondary N) is 1. The van der Waals surface area contributed by atoms with Crippen LogP contribution in [0.1, 0.15) is 25.6 Å². The molecule has 1 aromatic carbocycles. The minimum atomic E-state index is -4.23. The molecule has 0 bridgehead atoms. The number of aromatic nitrogens is 3. The summed E-state index contributed by atoms with van der Waals surface area (Å²) in [5.74, 6) is -0.253. The fourth-order valence-electron chi connectivity index (χ4n) is 3.88. The molecule has 4 rings (SSSR count). The molecule has 0 aliphatic carbocycles. The highest BCUT2D eigenvalue weighted by Crippen LogP contribution is 2.46. The summed E-state index contributed by atoms with van der Waals surface area (Å²) in [4.78, 5) is 16.4. The number of fused-ring (bicyclic) bond motifs is 1. The van der Waals surface area contributed by atoms with E-state index in [1.807, 2.05) is 0 Å². The van der Waals surface area contributed by atoms with Crippen molar-refractivity contribution in [3.05, 3.63) is 54.5 Å². The summed E-state index contributed by atoms with van der Waals surface area (Å²) in [6, 6.07) is 10.4. The van der Waals surface area contributed by atoms with E-state index >= 15 is 0 Å². The monoisotopic (exact) mass is 565 g/mol. The van der Waals surface area contributed by atoms with Gasteiger partial charge in [-0.05, 0) is 38.1 Å². The van der Waals surface area contributed by atoms with Crippen LogP contribution in [0, 0.1) is 0 Å². The number of aliphatic hydroxyl groups excluding tert-OH is 2. The largest absolute Gasteiger partial charge is 0.462 e. The molecule has 1 fully saturated rings. The summed E-state index contributed by atoms with van der Waals surface area (Å²) in [6.45, 7) is 2.72. The molecule has 2 aromatic heterocycles. The minimum Gasteiger partial charge on any atom is -0.462 e. The topological polar surface area (TPSA) is 189 Å². The van der Waals surface area contributed by atoms with Gasteiger partial charge in [-0.3, -0.25) is 9.32 Å². The van der Waals surface area contributed by atoms with E-state index in [1.54, 1.807) is 49.4 Å². The Morgan fingerprint density at radius 3 is 2.67 bits per heavy atom. The first-order chi connectivity index (χ1) is 18.6. The first-order valence-electron chi connectivity index (χ1n) is 12.2. The van der Waals surface area contributed by atoms with E-state index in [0.29, 0.717) is 11.2 Å². The Labute approximate surface area is 224 Å². The molecule has 15 heteroatoms. The second-order valence-corrected chi connectivity index (χ2v) is 10.7. The standard InChI is InChI=1S/C24H32N5O9P/c1-14(34-3)11-35-24(32)15(2)28-39(33,38-16-7-5-4-6-8-16)36-12-19-20(30)21(31)22(37-19)17-9-10-18-23(25)26-13-27-29(17)18/h4-10,13-15,19-22,30-31H,11-12H2,1-3H3,(H,28,33)(H2,25,26,27)/t14-,15+,19-,20-,21-,22+,39-/m1/s1. The smallest absolute Gasteiger partial charge is 0.459 e. The lowest BCUT2D eigenvalue weighted by Gasteiger charge is -2.24. The van der Waals surface area contributed by atoms with Gasteiger partial charge in [0.1, 0.15) is 54.7 Å². The van der Waals surface area contributed by atoms with Crippen LogP contribution < -0.4 is 15.3 Å². The first-order valence-corrected chi connectivity index (χ1v) is 13.7. The van der Waals surface area contributed by atoms with Gasteiger partial charge in [-0.2, -0.15) is 10.2 Å². The van der Waals surface area contributed by atoms with Crippen molar-refractivity contribution in [3.8, 4) is 5.75 Å². The number of nitrogen functional groups attached to an aromatic ring is 1. The quantitative estimate of drug-likeness (QED) is 0.181. The van der Waals surface area contributed by atoms with Crippen molar-refractivity contribution >= 4 is 25.1 Å². The minimum absolute atomic E-state index is 0.00156. The van der Waals surface area contributed by atoms with Gasteiger partial charge in [0.15, 0.2) is 5.82 Å². The highest BCUT2D eigenvalue weighted by atomic mass is 31.2. The summed E-state index contributed by atoms with van der Waals surface area (Å²) < 4.78 is 42.6. The Morgan fingerprint density at radius 2 is 1.95 bits per heavy atom. The van der Waals surface area contributed by atoms with Crippen LogP contribution in [0.3, 0.4) is 0 Å². The van der Waals surface area contributed by atoms with Crippen molar-refractivity contribution in [2.24, 2.45) is 0 Å². The van der Waals surface area contributed by atoms with Gasteiger partial charge < -0.3 is 34.7 Å². The number of esters is 1. The zero-order chi connectivity index (χ0) is 28.2. The normalized spacial score (nSPS) is 24.2. The fourth-order valence-corrected chi connectivity index (χ4v) is 5.39. The molecular formula is C24H32N5O9P. The van der Waals surface area contributed by atoms with Crippen molar-refractivity contribution in [1.82, 2.24) is 19.7 Å². The lowest BCUT2D eigenvalue weighted by molar-refractivity contribution is -0.148. The van der Waals surface area contributed by atoms with E-state index in [0.717, 1.165) is 0 Å². The maximum atomic E-state index is 13.7. The molecule has 39 heavy (non-hydrogen) atoms. The summed E-state index contributed by atoms with van der Waals surface area (Å²) in [5.41, 5.74) is 6.81. The highest BCUT2D eigenvalue weighted by molar-refractivity contribution is 7.52. The van der Waals surface area contributed by atoms with Crippen LogP contribution in [0.4, 0.5) is 5.82 Å². The molecule has 5 N–H and O–H groups in total. The van der Waals surface area contributed by atoms with Crippen LogP contribution in [0.15, 0.2) is 48.8 Å². The molecule has 14 nitrogen and oxygen atoms in total. The molecule has 1 aliphatic heterocycles. The van der Waals surface area contributed by atoms with E-state index in [9.17, 15) is 19.6 Å². The lowest BCUT2D eigenvalue weighted by Crippen LogP contribution is -2.38. The molecule has 0 spiro atoms. The number of carbonyl (C=O) groups excluding carboxylic acids is 1. The van der Waals surface area contributed by atoms with E-state index in [-0.39, 0.29) is 24.3 Å². The molecule has 0 saturated carbocycles. The van der Waals surface area contributed by atoms with Crippen LogP contribution in [-0.2, 0) is 28.1 Å². The number of ether oxygens (including phenoxy) is 3. The van der Waals surface area contributed by atoms with Crippen LogP contribution in [0.2, 0.25) is 0 Å². The summed E-state index contributed by atoms with van der Waals surface area (Å²) in [6.07, 6.45) is -3.92. The van der Waals surface area contributed by atoms with Gasteiger partial charge in [0.2, 0.25) is 0 Å². The lowest BCUT2D eigenvalue weighted by atomic mass is 10.1. The number of carbonyl (C=O) groups is 1. The van der Waals surface area contributed by atoms with Crippen molar-refractivity contribution in [3.63, 3.8) is 0 Å². The fraction of sp³-hybridized carbons (Fsp3) is 0.458. The number of aliphatic hydroxyl groups is 2. The zero-order valence-corrected chi connectivity index (χ0v) is 22.5. The van der Waals surface area contributed by atoms with Crippen LogP contribution in [-0.4, -0.2) is 81.6 Å². The Bertz CT molecular complexity index is 1310. The van der Waals surface area contributed by atoms with Crippen molar-refractivity contribution in [1.29, 1.82) is 0 Å². The molecule has 0 unspecified atom stereocenters. The predicted molar refractivity (Wildman–Crippen MR) is 138 cm³/mol. The Hall–Kier alpha value is -3.10. The van der Waals surface area contributed by atoms with Gasteiger partial charge in [0, 0.05) is 7.11 Å². The molecule has 3 heterocycles. The second-order valence-electron chi connectivity index (χ2n) is 9.00. The number of anilines is 1. The summed E-state index contributed by atoms with van der Waals surface area (Å²) >= 11 is 0. The molecule has 1 saturated heterocycles. The number of methoxy groups -OCH3 is 1. The average molecular weight is 566 g/mol. The highest BCUT2D eigenvalue weighted by Gasteiger charge is 2.46. The number of nitrogens with two attached hydrogens (primary N) is 1. The SMILES string of the molecule is CO[C@H](C)COC(=O)[C@H](C)N[P@@](=O)(OC[C@H]1O[C@@H](c2ccc3c(N)ncnn23)[C@H](O)[C@@H]1O)Oc1ccccc1. The number of hydrogen-bond acceptors (Lipinski definition) is 12. The zero-order valence-electron chi connectivity index (χ0n) is 21.6. The Kier molecular flexibility index (Phi) is 9.18. The second kappa shape index (κ2) is 12.4. The van der Waals surface area contributed by atoms with Gasteiger partial charge >= 0.3 is 13.7 Å². The molecule has 3 aromatic rings. The number of nitrogens with zero attached hydrogens (tertiary/aromatic N) is 3. The van der Waals surface area contributed by atoms with E-state index in [2.05, 4.69) is 15.2 Å². The van der Waals surface area contributed by atoms with E-state index in [1.165, 1.54) is 24.9 Å². The van der Waals surface area contributed by atoms with Crippen LogP contribution in [0.25, 0.3) is 5.52 Å². The third-order valence-corrected chi connectivity index (χ3v) is 7.75. The van der Waals surface area contributed by atoms with E-state index in [4.69, 9.17) is 29.0 Å². The summed E-state index contributed by atoms with van der Waals surface area (Å²) in [5, 5.41) is 28.1. The molecule has 0 radical (unpaired) electrons. The number of para-hydroxylation sites is 1. The van der Waals surface area contributed by atoms with Crippen molar-refractivity contribution in [2.75, 3.05) is 26.1 Å². The maximum Gasteiger partial charge on any atom is 0.459 e. The predicted octanol–water partition coefficient (Wildman–Crippen LogP) is 1.23. The third-order valence-electron chi connectivity index (χ3n) is 6.11. The Morgan fingerprint density at radius 1 is 1.21 bits per heavy atom. The molecular weight excluding hydrogens is 533 g/mol. The van der Waals surface area contributed by atoms with Crippen LogP contribution in [0.5, 0.6) is 5.75 Å². The van der Waals surface area contributed by atoms with Gasteiger partial charge in [-0.1, -0.05) is 18.2 Å². The number of benzene rings is 1. The van der Waals surface area contributed by atoms with Crippen LogP contribution >= 0.6 is 7.75 Å². The van der Waals surface area contributed by atoms with Crippen molar-refractivity contribution in [2.45, 2.75) is 50.4 Å². The maximum absolute atomic E-state index is 13.7. The summed E-state index contributed by atoms with van der Waals surface area (Å²) in [7, 11) is -2.74. The van der Waals surface area contributed by atoms with Gasteiger partial charge in [-0.25, -0.2) is 14.1 Å². The molecule has 0 amide bonds. The Balaban J connectivity index is 1.47. The van der Waals surface area contributed by atoms with Gasteiger partial charge in [0.25, 0.3) is 0 Å². The molecule has 212 valence electrons. The van der Waals surface area contributed by atoms with Gasteiger partial charge in [-0.15, -0.1) is 0 Å². The van der Waals surface area contributed by atoms with Crippen molar-refractivity contribution < 1.29 is 42.8 Å². The third kappa shape index (κ3) is 6.73. The number of rotatable bonds is 12. The van der Waals surface area contributed by atoms with E-state index < -0.39 is 50.8 Å². The average Bonchev–Trinajstić information content (AvgIpc) is 3.47. The first kappa shape index (κ1) is 28.9. The molecule has 1 aliphatic rings. The number of hydrogen-bond donors (Lipinski definition) is 4. The molecule has 7 atom stereocenters.